The van der Waals surface area contributed by atoms with Crippen LogP contribution in [0.25, 0.3) is 20.7 Å². The highest BCUT2D eigenvalue weighted by atomic mass is 32.1. The number of hydrogen-bond acceptors (Lipinski definition) is 4. The number of benzene rings is 1. The van der Waals surface area contributed by atoms with E-state index in [1.807, 2.05) is 13.8 Å². The normalized spacial score (nSPS) is 11.2. The lowest BCUT2D eigenvalue weighted by atomic mass is 10.1. The van der Waals surface area contributed by atoms with Gasteiger partial charge in [-0.05, 0) is 38.5 Å². The van der Waals surface area contributed by atoms with Crippen molar-refractivity contribution in [2.24, 2.45) is 0 Å². The second-order valence-corrected chi connectivity index (χ2v) is 6.50. The molecule has 86 valence electrons. The lowest BCUT2D eigenvalue weighted by molar-refractivity contribution is 1.20. The predicted molar refractivity (Wildman–Crippen MR) is 74.9 cm³/mol. The fraction of sp³-hybridized carbons (Fsp3) is 0.231. The van der Waals surface area contributed by atoms with E-state index in [0.29, 0.717) is 0 Å². The predicted octanol–water partition coefficient (Wildman–Crippen LogP) is 4.35. The number of aromatic nitrogens is 2. The van der Waals surface area contributed by atoms with Crippen LogP contribution >= 0.6 is 22.7 Å². The molecule has 0 fully saturated rings. The van der Waals surface area contributed by atoms with Crippen LogP contribution in [0.1, 0.15) is 15.7 Å². The maximum absolute atomic E-state index is 4.54. The lowest BCUT2D eigenvalue weighted by Crippen LogP contribution is -1.78. The summed E-state index contributed by atoms with van der Waals surface area (Å²) >= 11 is 3.49. The molecule has 0 aliphatic carbocycles. The largest absolute Gasteiger partial charge is 0.246 e. The van der Waals surface area contributed by atoms with Crippen LogP contribution in [0.15, 0.2) is 18.2 Å². The van der Waals surface area contributed by atoms with E-state index < -0.39 is 0 Å². The summed E-state index contributed by atoms with van der Waals surface area (Å²) in [7, 11) is 0. The van der Waals surface area contributed by atoms with Crippen molar-refractivity contribution < 1.29 is 0 Å². The number of rotatable bonds is 1. The molecular formula is C13H12N2S2. The lowest BCUT2D eigenvalue weighted by Gasteiger charge is -1.98. The van der Waals surface area contributed by atoms with Crippen molar-refractivity contribution in [3.05, 3.63) is 33.9 Å². The monoisotopic (exact) mass is 260 g/mol. The maximum Gasteiger partial charge on any atom is 0.0907 e. The molecule has 17 heavy (non-hydrogen) atoms. The zero-order valence-electron chi connectivity index (χ0n) is 9.94. The van der Waals surface area contributed by atoms with Gasteiger partial charge in [-0.15, -0.1) is 22.7 Å². The Morgan fingerprint density at radius 2 is 1.71 bits per heavy atom. The molecule has 0 atom stereocenters. The number of aryl methyl sites for hydroxylation is 3. The van der Waals surface area contributed by atoms with Gasteiger partial charge in [0.2, 0.25) is 0 Å². The van der Waals surface area contributed by atoms with E-state index in [0.717, 1.165) is 21.2 Å². The number of hydrogen-bond donors (Lipinski definition) is 0. The van der Waals surface area contributed by atoms with E-state index >= 15 is 0 Å². The quantitative estimate of drug-likeness (QED) is 0.650. The standard InChI is InChI=1S/C13H12N2S2/c1-7-13(17-8(2)14-7)10-4-5-12-11(6-10)15-9(3)16-12/h4-6H,1-3H3. The summed E-state index contributed by atoms with van der Waals surface area (Å²) in [6.45, 7) is 6.16. The molecule has 4 heteroatoms. The molecule has 2 heterocycles. The summed E-state index contributed by atoms with van der Waals surface area (Å²) in [5, 5.41) is 2.24. The van der Waals surface area contributed by atoms with E-state index in [1.165, 1.54) is 15.1 Å². The van der Waals surface area contributed by atoms with Crippen molar-refractivity contribution in [1.29, 1.82) is 0 Å². The summed E-state index contributed by atoms with van der Waals surface area (Å²) in [6.07, 6.45) is 0. The Kier molecular flexibility index (Phi) is 2.49. The molecule has 0 amide bonds. The van der Waals surface area contributed by atoms with Crippen LogP contribution in [0.3, 0.4) is 0 Å². The second-order valence-electron chi connectivity index (χ2n) is 4.06. The van der Waals surface area contributed by atoms with Gasteiger partial charge in [0.1, 0.15) is 0 Å². The highest BCUT2D eigenvalue weighted by Gasteiger charge is 2.09. The Labute approximate surface area is 108 Å². The van der Waals surface area contributed by atoms with Gasteiger partial charge < -0.3 is 0 Å². The van der Waals surface area contributed by atoms with Crippen molar-refractivity contribution in [1.82, 2.24) is 9.97 Å². The van der Waals surface area contributed by atoms with Crippen LogP contribution in [-0.4, -0.2) is 9.97 Å². The average molecular weight is 260 g/mol. The fourth-order valence-corrected chi connectivity index (χ4v) is 3.71. The van der Waals surface area contributed by atoms with Gasteiger partial charge in [0, 0.05) is 0 Å². The minimum Gasteiger partial charge on any atom is -0.246 e. The molecule has 0 radical (unpaired) electrons. The van der Waals surface area contributed by atoms with Crippen molar-refractivity contribution in [3.8, 4) is 10.4 Å². The molecule has 0 spiro atoms. The molecule has 0 saturated heterocycles. The van der Waals surface area contributed by atoms with E-state index in [2.05, 4.69) is 35.1 Å². The third-order valence-electron chi connectivity index (χ3n) is 2.66. The summed E-state index contributed by atoms with van der Waals surface area (Å²) in [5.41, 5.74) is 3.43. The Balaban J connectivity index is 2.20. The van der Waals surface area contributed by atoms with Crippen molar-refractivity contribution >= 4 is 32.9 Å². The third kappa shape index (κ3) is 1.87. The van der Waals surface area contributed by atoms with Crippen molar-refractivity contribution in [3.63, 3.8) is 0 Å². The Morgan fingerprint density at radius 1 is 0.941 bits per heavy atom. The van der Waals surface area contributed by atoms with Gasteiger partial charge in [0.15, 0.2) is 0 Å². The van der Waals surface area contributed by atoms with Crippen LogP contribution in [0.2, 0.25) is 0 Å². The number of thiazole rings is 2. The highest BCUT2D eigenvalue weighted by molar-refractivity contribution is 7.18. The summed E-state index contributed by atoms with van der Waals surface area (Å²) in [4.78, 5) is 10.3. The minimum absolute atomic E-state index is 1.09. The van der Waals surface area contributed by atoms with Crippen LogP contribution in [-0.2, 0) is 0 Å². The van der Waals surface area contributed by atoms with Crippen LogP contribution in [0.5, 0.6) is 0 Å². The van der Waals surface area contributed by atoms with Crippen LogP contribution < -0.4 is 0 Å². The van der Waals surface area contributed by atoms with E-state index in [-0.39, 0.29) is 0 Å². The molecule has 2 aromatic heterocycles. The van der Waals surface area contributed by atoms with Crippen LogP contribution in [0.4, 0.5) is 0 Å². The smallest absolute Gasteiger partial charge is 0.0907 e. The molecule has 2 nitrogen and oxygen atoms in total. The summed E-state index contributed by atoms with van der Waals surface area (Å²) in [6, 6.07) is 6.49. The van der Waals surface area contributed by atoms with Gasteiger partial charge in [0.05, 0.1) is 30.8 Å². The summed E-state index contributed by atoms with van der Waals surface area (Å²) in [5.74, 6) is 0. The van der Waals surface area contributed by atoms with Gasteiger partial charge in [-0.3, -0.25) is 0 Å². The molecule has 0 saturated carbocycles. The van der Waals surface area contributed by atoms with Crippen LogP contribution in [0, 0.1) is 20.8 Å². The zero-order valence-corrected chi connectivity index (χ0v) is 11.6. The fourth-order valence-electron chi connectivity index (χ4n) is 1.98. The zero-order chi connectivity index (χ0) is 12.0. The number of nitrogens with zero attached hydrogens (tertiary/aromatic N) is 2. The maximum atomic E-state index is 4.54. The van der Waals surface area contributed by atoms with E-state index in [4.69, 9.17) is 0 Å². The molecule has 0 aliphatic heterocycles. The Morgan fingerprint density at radius 3 is 2.41 bits per heavy atom. The molecule has 3 aromatic rings. The first kappa shape index (κ1) is 10.9. The third-order valence-corrected chi connectivity index (χ3v) is 4.73. The highest BCUT2D eigenvalue weighted by Crippen LogP contribution is 2.32. The Hall–Kier alpha value is -1.26. The van der Waals surface area contributed by atoms with Gasteiger partial charge in [-0.1, -0.05) is 6.07 Å². The second kappa shape index (κ2) is 3.89. The molecule has 0 N–H and O–H groups in total. The molecule has 0 bridgehead atoms. The van der Waals surface area contributed by atoms with Gasteiger partial charge >= 0.3 is 0 Å². The first-order valence-electron chi connectivity index (χ1n) is 5.45. The van der Waals surface area contributed by atoms with E-state index in [9.17, 15) is 0 Å². The van der Waals surface area contributed by atoms with Crippen molar-refractivity contribution in [2.45, 2.75) is 20.8 Å². The average Bonchev–Trinajstić information content (AvgIpc) is 2.78. The van der Waals surface area contributed by atoms with Gasteiger partial charge in [-0.2, -0.15) is 0 Å². The molecule has 0 aliphatic rings. The molecule has 3 rings (SSSR count). The first-order chi connectivity index (χ1) is 8.13. The molecular weight excluding hydrogens is 248 g/mol. The minimum atomic E-state index is 1.09. The SMILES string of the molecule is Cc1nc(C)c(-c2ccc3sc(C)nc3c2)s1. The molecule has 0 unspecified atom stereocenters. The van der Waals surface area contributed by atoms with Gasteiger partial charge in [0.25, 0.3) is 0 Å². The molecule has 1 aromatic carbocycles. The van der Waals surface area contributed by atoms with Crippen molar-refractivity contribution in [2.75, 3.05) is 0 Å². The number of fused-ring (bicyclic) bond motifs is 1. The Bertz CT molecular complexity index is 695. The first-order valence-corrected chi connectivity index (χ1v) is 7.08. The topological polar surface area (TPSA) is 25.8 Å². The van der Waals surface area contributed by atoms with E-state index in [1.54, 1.807) is 22.7 Å². The van der Waals surface area contributed by atoms with Gasteiger partial charge in [-0.25, -0.2) is 9.97 Å². The summed E-state index contributed by atoms with van der Waals surface area (Å²) < 4.78 is 1.25.